The first-order chi connectivity index (χ1) is 8.67. The molecule has 3 heteroatoms. The van der Waals surface area contributed by atoms with Crippen molar-refractivity contribution in [3.05, 3.63) is 29.8 Å². The first kappa shape index (κ1) is 11.6. The lowest BCUT2D eigenvalue weighted by molar-refractivity contribution is -0.0323. The van der Waals surface area contributed by atoms with Gasteiger partial charge in [-0.2, -0.15) is 0 Å². The number of benzene rings is 1. The minimum absolute atomic E-state index is 0.0585. The average molecular weight is 245 g/mol. The van der Waals surface area contributed by atoms with Crippen molar-refractivity contribution < 1.29 is 9.53 Å². The summed E-state index contributed by atoms with van der Waals surface area (Å²) >= 11 is 0. The molecule has 3 aliphatic carbocycles. The van der Waals surface area contributed by atoms with Crippen LogP contribution >= 0.6 is 0 Å². The fourth-order valence-corrected chi connectivity index (χ4v) is 3.30. The summed E-state index contributed by atoms with van der Waals surface area (Å²) in [5.41, 5.74) is 5.82. The van der Waals surface area contributed by atoms with Crippen LogP contribution in [-0.4, -0.2) is 11.5 Å². The molecule has 0 heterocycles. The maximum atomic E-state index is 11.0. The van der Waals surface area contributed by atoms with E-state index in [1.54, 1.807) is 12.1 Å². The minimum atomic E-state index is -0.391. The van der Waals surface area contributed by atoms with Gasteiger partial charge < -0.3 is 10.5 Å². The molecule has 3 saturated carbocycles. The summed E-state index contributed by atoms with van der Waals surface area (Å²) in [5, 5.41) is 0. The third-order valence-electron chi connectivity index (χ3n) is 4.50. The zero-order valence-corrected chi connectivity index (χ0v) is 10.5. The molecule has 18 heavy (non-hydrogen) atoms. The second-order valence-corrected chi connectivity index (χ2v) is 5.66. The van der Waals surface area contributed by atoms with Gasteiger partial charge in [0.1, 0.15) is 11.4 Å². The summed E-state index contributed by atoms with van der Waals surface area (Å²) in [5.74, 6) is 1.41. The van der Waals surface area contributed by atoms with Gasteiger partial charge >= 0.3 is 0 Å². The number of nitrogens with two attached hydrogens (primary N) is 1. The summed E-state index contributed by atoms with van der Waals surface area (Å²) in [7, 11) is 0. The van der Waals surface area contributed by atoms with Crippen molar-refractivity contribution in [1.82, 2.24) is 0 Å². The van der Waals surface area contributed by atoms with Crippen molar-refractivity contribution in [2.75, 3.05) is 0 Å². The molecule has 3 aliphatic rings. The quantitative estimate of drug-likeness (QED) is 0.890. The number of hydrogen-bond acceptors (Lipinski definition) is 2. The van der Waals surface area contributed by atoms with Crippen LogP contribution in [0.3, 0.4) is 0 Å². The molecule has 0 atom stereocenters. The first-order valence-electron chi connectivity index (χ1n) is 6.76. The van der Waals surface area contributed by atoms with Crippen LogP contribution in [0, 0.1) is 5.92 Å². The van der Waals surface area contributed by atoms with E-state index < -0.39 is 5.91 Å². The molecule has 96 valence electrons. The van der Waals surface area contributed by atoms with Crippen molar-refractivity contribution in [3.8, 4) is 5.75 Å². The van der Waals surface area contributed by atoms with Crippen LogP contribution in [0.5, 0.6) is 5.75 Å². The largest absolute Gasteiger partial charge is 0.487 e. The summed E-state index contributed by atoms with van der Waals surface area (Å²) in [6.45, 7) is 0. The molecule has 1 aromatic rings. The average Bonchev–Trinajstić information content (AvgIpc) is 2.41. The van der Waals surface area contributed by atoms with Crippen LogP contribution in [-0.2, 0) is 0 Å². The van der Waals surface area contributed by atoms with E-state index in [2.05, 4.69) is 0 Å². The molecule has 0 radical (unpaired) electrons. The van der Waals surface area contributed by atoms with Crippen molar-refractivity contribution in [1.29, 1.82) is 0 Å². The summed E-state index contributed by atoms with van der Waals surface area (Å²) in [4.78, 5) is 11.0. The second-order valence-electron chi connectivity index (χ2n) is 5.66. The van der Waals surface area contributed by atoms with Crippen LogP contribution < -0.4 is 10.5 Å². The predicted octanol–water partition coefficient (Wildman–Crippen LogP) is 2.89. The first-order valence-corrected chi connectivity index (χ1v) is 6.76. The Morgan fingerprint density at radius 2 is 1.67 bits per heavy atom. The lowest BCUT2D eigenvalue weighted by atomic mass is 9.68. The molecular formula is C15H19NO2. The Morgan fingerprint density at radius 3 is 2.17 bits per heavy atom. The van der Waals surface area contributed by atoms with Crippen molar-refractivity contribution in [2.24, 2.45) is 11.7 Å². The molecule has 3 fully saturated rings. The molecule has 0 aliphatic heterocycles. The van der Waals surface area contributed by atoms with E-state index >= 15 is 0 Å². The Bertz CT molecular complexity index is 430. The number of ether oxygens (including phenoxy) is 1. The highest BCUT2D eigenvalue weighted by atomic mass is 16.5. The van der Waals surface area contributed by atoms with Gasteiger partial charge in [0.2, 0.25) is 5.91 Å². The maximum absolute atomic E-state index is 11.0. The third-order valence-corrected chi connectivity index (χ3v) is 4.50. The maximum Gasteiger partial charge on any atom is 0.248 e. The Hall–Kier alpha value is -1.51. The summed E-state index contributed by atoms with van der Waals surface area (Å²) < 4.78 is 6.21. The Kier molecular flexibility index (Phi) is 2.77. The van der Waals surface area contributed by atoms with Crippen LogP contribution in [0.25, 0.3) is 0 Å². The number of rotatable bonds is 3. The van der Waals surface area contributed by atoms with Gasteiger partial charge in [-0.05, 0) is 68.7 Å². The molecule has 0 spiro atoms. The molecule has 3 nitrogen and oxygen atoms in total. The van der Waals surface area contributed by atoms with Crippen molar-refractivity contribution in [2.45, 2.75) is 44.1 Å². The van der Waals surface area contributed by atoms with E-state index in [4.69, 9.17) is 10.5 Å². The second kappa shape index (κ2) is 4.30. The van der Waals surface area contributed by atoms with Crippen LogP contribution in [0.15, 0.2) is 24.3 Å². The monoisotopic (exact) mass is 245 g/mol. The topological polar surface area (TPSA) is 52.3 Å². The normalized spacial score (nSPS) is 30.1. The molecular weight excluding hydrogens is 226 g/mol. The fraction of sp³-hybridized carbons (Fsp3) is 0.533. The Labute approximate surface area is 107 Å². The van der Waals surface area contributed by atoms with Gasteiger partial charge in [0, 0.05) is 5.56 Å². The lowest BCUT2D eigenvalue weighted by Crippen LogP contribution is -2.44. The van der Waals surface area contributed by atoms with Crippen LogP contribution in [0.4, 0.5) is 0 Å². The van der Waals surface area contributed by atoms with E-state index in [1.165, 1.54) is 38.5 Å². The summed E-state index contributed by atoms with van der Waals surface area (Å²) in [6, 6.07) is 7.19. The molecule has 4 rings (SSSR count). The van der Waals surface area contributed by atoms with E-state index in [0.717, 1.165) is 11.7 Å². The summed E-state index contributed by atoms with van der Waals surface area (Å²) in [6.07, 6.45) is 7.44. The van der Waals surface area contributed by atoms with Gasteiger partial charge in [0.05, 0.1) is 0 Å². The molecule has 2 N–H and O–H groups in total. The van der Waals surface area contributed by atoms with Gasteiger partial charge in [-0.25, -0.2) is 0 Å². The zero-order valence-electron chi connectivity index (χ0n) is 10.5. The molecule has 1 aromatic carbocycles. The fourth-order valence-electron chi connectivity index (χ4n) is 3.30. The van der Waals surface area contributed by atoms with Gasteiger partial charge in [0.25, 0.3) is 0 Å². The standard InChI is InChI=1S/C15H19NO2/c16-14(17)12-1-3-13(4-2-12)18-15-8-5-11(6-9-15)7-10-15/h1-4,11H,5-10H2,(H2,16,17). The van der Waals surface area contributed by atoms with Crippen LogP contribution in [0.2, 0.25) is 0 Å². The van der Waals surface area contributed by atoms with E-state index in [-0.39, 0.29) is 5.60 Å². The van der Waals surface area contributed by atoms with E-state index in [0.29, 0.717) is 5.56 Å². The number of hydrogen-bond donors (Lipinski definition) is 1. The van der Waals surface area contributed by atoms with Gasteiger partial charge in [-0.1, -0.05) is 0 Å². The van der Waals surface area contributed by atoms with Gasteiger partial charge in [0.15, 0.2) is 0 Å². The Balaban J connectivity index is 1.73. The highest BCUT2D eigenvalue weighted by Crippen LogP contribution is 2.46. The smallest absolute Gasteiger partial charge is 0.248 e. The number of fused-ring (bicyclic) bond motifs is 3. The van der Waals surface area contributed by atoms with Gasteiger partial charge in [-0.3, -0.25) is 4.79 Å². The molecule has 1 amide bonds. The molecule has 2 bridgehead atoms. The van der Waals surface area contributed by atoms with E-state index in [1.807, 2.05) is 12.1 Å². The number of carbonyl (C=O) groups is 1. The minimum Gasteiger partial charge on any atom is -0.487 e. The zero-order chi connectivity index (χ0) is 12.6. The van der Waals surface area contributed by atoms with Crippen LogP contribution in [0.1, 0.15) is 48.9 Å². The molecule has 0 saturated heterocycles. The lowest BCUT2D eigenvalue weighted by Gasteiger charge is -2.46. The van der Waals surface area contributed by atoms with Crippen molar-refractivity contribution >= 4 is 5.91 Å². The highest BCUT2D eigenvalue weighted by molar-refractivity contribution is 5.92. The van der Waals surface area contributed by atoms with Crippen molar-refractivity contribution in [3.63, 3.8) is 0 Å². The Morgan fingerprint density at radius 1 is 1.11 bits per heavy atom. The molecule has 0 aromatic heterocycles. The van der Waals surface area contributed by atoms with Gasteiger partial charge in [-0.15, -0.1) is 0 Å². The number of primary amides is 1. The SMILES string of the molecule is NC(=O)c1ccc(OC23CCC(CC2)CC3)cc1. The number of amides is 1. The highest BCUT2D eigenvalue weighted by Gasteiger charge is 2.42. The van der Waals surface area contributed by atoms with E-state index in [9.17, 15) is 4.79 Å². The number of carbonyl (C=O) groups excluding carboxylic acids is 1. The molecule has 0 unspecified atom stereocenters. The third kappa shape index (κ3) is 2.09. The predicted molar refractivity (Wildman–Crippen MR) is 69.5 cm³/mol.